The molecule has 0 radical (unpaired) electrons. The smallest absolute Gasteiger partial charge is 0.414 e. The maximum absolute atomic E-state index is 13.3. The number of hydrogen-bond donors (Lipinski definition) is 2. The number of rotatable bonds is 11. The second kappa shape index (κ2) is 12.9. The molecule has 1 aliphatic carbocycles. The van der Waals surface area contributed by atoms with Gasteiger partial charge in [0.2, 0.25) is 21.8 Å². The van der Waals surface area contributed by atoms with E-state index < -0.39 is 57.1 Å². The highest BCUT2D eigenvalue weighted by molar-refractivity contribution is 7.89. The van der Waals surface area contributed by atoms with Gasteiger partial charge in [-0.2, -0.15) is 13.2 Å². The summed E-state index contributed by atoms with van der Waals surface area (Å²) >= 11 is 0. The molecule has 14 heteroatoms. The van der Waals surface area contributed by atoms with Crippen molar-refractivity contribution in [1.82, 2.24) is 9.62 Å². The summed E-state index contributed by atoms with van der Waals surface area (Å²) in [6.07, 6.45) is -4.89. The SMILES string of the molecule is Cc1cc(N(C)C(=O)OC(C)(C)C)cc(C)c1CCS(=O)(=O)N1CCC(NC(=O)C2(CCCC(F)(F)F)CC2)(C(N)=O)CC1. The predicted molar refractivity (Wildman–Crippen MR) is 160 cm³/mol. The summed E-state index contributed by atoms with van der Waals surface area (Å²) in [7, 11) is -2.14. The quantitative estimate of drug-likeness (QED) is 0.363. The van der Waals surface area contributed by atoms with Crippen LogP contribution in [-0.2, 0) is 30.8 Å². The number of nitrogens with one attached hydrogen (secondary N) is 1. The fourth-order valence-electron chi connectivity index (χ4n) is 5.65. The molecule has 0 atom stereocenters. The van der Waals surface area contributed by atoms with Gasteiger partial charge in [0.1, 0.15) is 11.1 Å². The lowest BCUT2D eigenvalue weighted by Crippen LogP contribution is -2.63. The Bertz CT molecular complexity index is 1340. The number of nitrogens with two attached hydrogens (primary N) is 1. The number of piperidine rings is 1. The molecule has 3 amide bonds. The molecular weight excluding hydrogens is 601 g/mol. The van der Waals surface area contributed by atoms with Crippen LogP contribution in [-0.4, -0.2) is 73.8 Å². The van der Waals surface area contributed by atoms with Crippen LogP contribution in [0.4, 0.5) is 23.7 Å². The lowest BCUT2D eigenvalue weighted by Gasteiger charge is -2.40. The first-order chi connectivity index (χ1) is 20.1. The summed E-state index contributed by atoms with van der Waals surface area (Å²) in [6, 6.07) is 3.61. The molecule has 1 saturated heterocycles. The Hall–Kier alpha value is -2.87. The van der Waals surface area contributed by atoms with Crippen LogP contribution >= 0.6 is 0 Å². The summed E-state index contributed by atoms with van der Waals surface area (Å²) < 4.78 is 71.1. The summed E-state index contributed by atoms with van der Waals surface area (Å²) in [4.78, 5) is 39.5. The van der Waals surface area contributed by atoms with E-state index in [1.54, 1.807) is 40.0 Å². The minimum absolute atomic E-state index is 0.0321. The molecule has 10 nitrogen and oxygen atoms in total. The Morgan fingerprint density at radius 3 is 2.05 bits per heavy atom. The van der Waals surface area contributed by atoms with Crippen LogP contribution in [0.5, 0.6) is 0 Å². The monoisotopic (exact) mass is 646 g/mol. The molecule has 0 bridgehead atoms. The Morgan fingerprint density at radius 1 is 1.05 bits per heavy atom. The molecular formula is C30H45F3N4O6S. The molecule has 1 aromatic carbocycles. The highest BCUT2D eigenvalue weighted by Gasteiger charge is 2.53. The largest absolute Gasteiger partial charge is 0.443 e. The van der Waals surface area contributed by atoms with Crippen molar-refractivity contribution in [3.05, 3.63) is 28.8 Å². The summed E-state index contributed by atoms with van der Waals surface area (Å²) in [5.74, 6) is -1.48. The van der Waals surface area contributed by atoms with Crippen LogP contribution in [0.25, 0.3) is 0 Å². The Kier molecular flexibility index (Phi) is 10.4. The number of carbonyl (C=O) groups is 3. The zero-order valence-corrected chi connectivity index (χ0v) is 27.2. The number of ether oxygens (including phenoxy) is 1. The molecule has 0 spiro atoms. The third kappa shape index (κ3) is 8.86. The average Bonchev–Trinajstić information content (AvgIpc) is 3.67. The number of primary amides is 1. The van der Waals surface area contributed by atoms with Crippen molar-refractivity contribution in [2.45, 2.75) is 103 Å². The predicted octanol–water partition coefficient (Wildman–Crippen LogP) is 4.50. The van der Waals surface area contributed by atoms with Crippen LogP contribution in [0.2, 0.25) is 0 Å². The van der Waals surface area contributed by atoms with E-state index in [1.165, 1.54) is 9.21 Å². The maximum Gasteiger partial charge on any atom is 0.414 e. The molecule has 248 valence electrons. The molecule has 1 heterocycles. The van der Waals surface area contributed by atoms with Crippen molar-refractivity contribution in [3.63, 3.8) is 0 Å². The standard InChI is InChI=1S/C30H45F3N4O6S/c1-20-18-22(36(6)26(40)43-27(3,4)5)19-21(2)23(20)8-17-44(41,42)37-15-13-29(14-16-37,24(34)38)35-25(39)28(11-12-28)9-7-10-30(31,32)33/h18-19H,7-17H2,1-6H3,(H2,34,38)(H,35,39). The van der Waals surface area contributed by atoms with Crippen molar-refractivity contribution in [2.75, 3.05) is 30.8 Å². The van der Waals surface area contributed by atoms with E-state index in [9.17, 15) is 36.0 Å². The van der Waals surface area contributed by atoms with Crippen molar-refractivity contribution in [1.29, 1.82) is 0 Å². The van der Waals surface area contributed by atoms with Crippen molar-refractivity contribution < 1.29 is 40.7 Å². The second-order valence-corrected chi connectivity index (χ2v) is 15.3. The number of carbonyl (C=O) groups excluding carboxylic acids is 3. The van der Waals surface area contributed by atoms with Crippen LogP contribution in [0, 0.1) is 19.3 Å². The average molecular weight is 647 g/mol. The normalized spacial score (nSPS) is 18.4. The summed E-state index contributed by atoms with van der Waals surface area (Å²) in [6.45, 7) is 8.96. The number of aryl methyl sites for hydroxylation is 2. The lowest BCUT2D eigenvalue weighted by molar-refractivity contribution is -0.140. The number of halogens is 3. The number of anilines is 1. The minimum Gasteiger partial charge on any atom is -0.443 e. The van der Waals surface area contributed by atoms with Gasteiger partial charge in [0.25, 0.3) is 0 Å². The number of benzene rings is 1. The third-order valence-electron chi connectivity index (χ3n) is 8.59. The van der Waals surface area contributed by atoms with Gasteiger partial charge >= 0.3 is 12.3 Å². The molecule has 2 fully saturated rings. The van der Waals surface area contributed by atoms with Crippen LogP contribution in [0.1, 0.15) is 82.4 Å². The van der Waals surface area contributed by atoms with E-state index in [1.807, 2.05) is 13.8 Å². The lowest BCUT2D eigenvalue weighted by atomic mass is 9.86. The molecule has 3 rings (SSSR count). The van der Waals surface area contributed by atoms with Gasteiger partial charge in [0, 0.05) is 37.7 Å². The molecule has 2 aliphatic rings. The van der Waals surface area contributed by atoms with Crippen molar-refractivity contribution in [2.24, 2.45) is 11.1 Å². The zero-order chi connectivity index (χ0) is 33.3. The van der Waals surface area contributed by atoms with Gasteiger partial charge in [-0.25, -0.2) is 17.5 Å². The molecule has 1 saturated carbocycles. The topological polar surface area (TPSA) is 139 Å². The molecule has 1 aromatic rings. The Morgan fingerprint density at radius 2 is 1.59 bits per heavy atom. The van der Waals surface area contributed by atoms with E-state index in [0.717, 1.165) is 16.7 Å². The number of nitrogens with zero attached hydrogens (tertiary/aromatic N) is 2. The third-order valence-corrected chi connectivity index (χ3v) is 10.5. The van der Waals surface area contributed by atoms with Gasteiger partial charge < -0.3 is 15.8 Å². The van der Waals surface area contributed by atoms with E-state index in [-0.39, 0.29) is 50.9 Å². The van der Waals surface area contributed by atoms with Gasteiger partial charge in [-0.3, -0.25) is 14.5 Å². The molecule has 0 aromatic heterocycles. The minimum atomic E-state index is -4.31. The first-order valence-electron chi connectivity index (χ1n) is 14.8. The van der Waals surface area contributed by atoms with Gasteiger partial charge in [-0.05, 0) is 108 Å². The summed E-state index contributed by atoms with van der Waals surface area (Å²) in [5.41, 5.74) is 5.72. The maximum atomic E-state index is 13.3. The van der Waals surface area contributed by atoms with E-state index in [0.29, 0.717) is 18.5 Å². The molecule has 44 heavy (non-hydrogen) atoms. The highest BCUT2D eigenvalue weighted by atomic mass is 32.2. The van der Waals surface area contributed by atoms with Gasteiger partial charge in [0.05, 0.1) is 5.75 Å². The molecule has 1 aliphatic heterocycles. The fourth-order valence-corrected chi connectivity index (χ4v) is 7.11. The van der Waals surface area contributed by atoms with E-state index in [2.05, 4.69) is 5.32 Å². The van der Waals surface area contributed by atoms with Gasteiger partial charge in [-0.1, -0.05) is 0 Å². The van der Waals surface area contributed by atoms with Crippen molar-refractivity contribution >= 4 is 33.6 Å². The zero-order valence-electron chi connectivity index (χ0n) is 26.4. The first-order valence-corrected chi connectivity index (χ1v) is 16.4. The highest BCUT2D eigenvalue weighted by Crippen LogP contribution is 2.51. The fraction of sp³-hybridized carbons (Fsp3) is 0.700. The van der Waals surface area contributed by atoms with E-state index in [4.69, 9.17) is 10.5 Å². The number of hydrogen-bond acceptors (Lipinski definition) is 6. The van der Waals surface area contributed by atoms with Crippen LogP contribution in [0.15, 0.2) is 12.1 Å². The van der Waals surface area contributed by atoms with Crippen molar-refractivity contribution in [3.8, 4) is 0 Å². The van der Waals surface area contributed by atoms with Crippen LogP contribution in [0.3, 0.4) is 0 Å². The Balaban J connectivity index is 1.62. The van der Waals surface area contributed by atoms with E-state index >= 15 is 0 Å². The first kappa shape index (κ1) is 35.6. The van der Waals surface area contributed by atoms with Gasteiger partial charge in [0.15, 0.2) is 0 Å². The number of amides is 3. The second-order valence-electron chi connectivity index (χ2n) is 13.2. The van der Waals surface area contributed by atoms with Gasteiger partial charge in [-0.15, -0.1) is 0 Å². The summed E-state index contributed by atoms with van der Waals surface area (Å²) in [5, 5.41) is 2.71. The number of sulfonamides is 1. The Labute approximate surface area is 257 Å². The molecule has 3 N–H and O–H groups in total. The number of alkyl halides is 3. The molecule has 0 unspecified atom stereocenters. The van der Waals surface area contributed by atoms with Crippen LogP contribution < -0.4 is 16.0 Å².